The van der Waals surface area contributed by atoms with Crippen LogP contribution in [0.25, 0.3) is 0 Å². The third kappa shape index (κ3) is 2.25. The zero-order chi connectivity index (χ0) is 13.9. The first-order valence-electron chi connectivity index (χ1n) is 6.27. The van der Waals surface area contributed by atoms with Crippen molar-refractivity contribution in [3.05, 3.63) is 71.3 Å². The van der Waals surface area contributed by atoms with Gasteiger partial charge in [-0.25, -0.2) is 0 Å². The zero-order valence-corrected chi connectivity index (χ0v) is 10.8. The van der Waals surface area contributed by atoms with Crippen molar-refractivity contribution in [3.8, 4) is 0 Å². The van der Waals surface area contributed by atoms with Crippen LogP contribution in [0.4, 0.5) is 0 Å². The van der Waals surface area contributed by atoms with E-state index in [4.69, 9.17) is 5.73 Å². The molecule has 0 fully saturated rings. The van der Waals surface area contributed by atoms with Gasteiger partial charge < -0.3 is 10.8 Å². The van der Waals surface area contributed by atoms with Crippen molar-refractivity contribution in [1.82, 2.24) is 0 Å². The number of primary amides is 1. The highest BCUT2D eigenvalue weighted by molar-refractivity contribution is 5.89. The van der Waals surface area contributed by atoms with E-state index in [0.717, 1.165) is 12.0 Å². The molecule has 0 spiro atoms. The van der Waals surface area contributed by atoms with E-state index in [1.165, 1.54) is 0 Å². The second-order valence-corrected chi connectivity index (χ2v) is 4.45. The van der Waals surface area contributed by atoms with Gasteiger partial charge in [0.2, 0.25) is 0 Å². The number of carbonyl (C=O) groups is 1. The summed E-state index contributed by atoms with van der Waals surface area (Å²) in [4.78, 5) is 11.9. The topological polar surface area (TPSA) is 63.3 Å². The second kappa shape index (κ2) is 5.24. The Morgan fingerprint density at radius 2 is 1.68 bits per heavy atom. The number of amides is 1. The van der Waals surface area contributed by atoms with Crippen molar-refractivity contribution in [2.45, 2.75) is 18.9 Å². The highest BCUT2D eigenvalue weighted by Gasteiger charge is 2.39. The molecule has 3 heteroatoms. The van der Waals surface area contributed by atoms with E-state index in [-0.39, 0.29) is 0 Å². The molecular formula is C16H17NO2. The minimum atomic E-state index is -1.78. The SMILES string of the molecule is CCc1ccccc1C(O)(C(N)=O)c1ccccc1. The van der Waals surface area contributed by atoms with E-state index in [9.17, 15) is 9.90 Å². The van der Waals surface area contributed by atoms with Crippen molar-refractivity contribution in [3.63, 3.8) is 0 Å². The molecule has 0 saturated carbocycles. The van der Waals surface area contributed by atoms with Gasteiger partial charge in [-0.3, -0.25) is 4.79 Å². The average Bonchev–Trinajstić information content (AvgIpc) is 2.47. The Balaban J connectivity index is 2.67. The maximum Gasteiger partial charge on any atom is 0.258 e. The molecule has 1 atom stereocenters. The second-order valence-electron chi connectivity index (χ2n) is 4.45. The molecule has 0 radical (unpaired) electrons. The van der Waals surface area contributed by atoms with Crippen LogP contribution in [0.3, 0.4) is 0 Å². The molecule has 2 rings (SSSR count). The quantitative estimate of drug-likeness (QED) is 0.877. The Hall–Kier alpha value is -2.13. The van der Waals surface area contributed by atoms with E-state index >= 15 is 0 Å². The molecule has 0 aliphatic carbocycles. The van der Waals surface area contributed by atoms with Gasteiger partial charge in [-0.2, -0.15) is 0 Å². The van der Waals surface area contributed by atoms with Gasteiger partial charge in [-0.1, -0.05) is 61.5 Å². The Labute approximate surface area is 112 Å². The first kappa shape index (κ1) is 13.3. The molecule has 0 heterocycles. The van der Waals surface area contributed by atoms with Gasteiger partial charge >= 0.3 is 0 Å². The van der Waals surface area contributed by atoms with E-state index in [2.05, 4.69) is 0 Å². The van der Waals surface area contributed by atoms with Gasteiger partial charge in [0.05, 0.1) is 0 Å². The number of hydrogen-bond donors (Lipinski definition) is 2. The van der Waals surface area contributed by atoms with Crippen LogP contribution in [-0.2, 0) is 16.8 Å². The van der Waals surface area contributed by atoms with E-state index in [0.29, 0.717) is 11.1 Å². The minimum absolute atomic E-state index is 0.489. The Morgan fingerprint density at radius 1 is 1.11 bits per heavy atom. The van der Waals surface area contributed by atoms with E-state index in [1.807, 2.05) is 25.1 Å². The molecule has 1 unspecified atom stereocenters. The maximum atomic E-state index is 11.9. The number of hydrogen-bond acceptors (Lipinski definition) is 2. The van der Waals surface area contributed by atoms with Crippen molar-refractivity contribution in [1.29, 1.82) is 0 Å². The standard InChI is InChI=1S/C16H17NO2/c1-2-12-8-6-7-11-14(12)16(19,15(17)18)13-9-4-3-5-10-13/h3-11,19H,2H2,1H3,(H2,17,18). The molecule has 1 amide bonds. The van der Waals surface area contributed by atoms with Crippen molar-refractivity contribution in [2.24, 2.45) is 5.73 Å². The summed E-state index contributed by atoms with van der Waals surface area (Å²) >= 11 is 0. The molecule has 2 aromatic rings. The van der Waals surface area contributed by atoms with Gasteiger partial charge in [-0.15, -0.1) is 0 Å². The number of benzene rings is 2. The van der Waals surface area contributed by atoms with E-state index < -0.39 is 11.5 Å². The fraction of sp³-hybridized carbons (Fsp3) is 0.188. The summed E-state index contributed by atoms with van der Waals surface area (Å²) in [6, 6.07) is 16.1. The molecule has 3 nitrogen and oxygen atoms in total. The molecule has 3 N–H and O–H groups in total. The van der Waals surface area contributed by atoms with Crippen LogP contribution in [-0.4, -0.2) is 11.0 Å². The van der Waals surface area contributed by atoms with Crippen LogP contribution in [0.2, 0.25) is 0 Å². The largest absolute Gasteiger partial charge is 0.372 e. The van der Waals surface area contributed by atoms with Crippen LogP contribution in [0.1, 0.15) is 23.6 Å². The van der Waals surface area contributed by atoms with Crippen LogP contribution >= 0.6 is 0 Å². The minimum Gasteiger partial charge on any atom is -0.372 e. The fourth-order valence-electron chi connectivity index (χ4n) is 2.29. The number of nitrogens with two attached hydrogens (primary N) is 1. The lowest BCUT2D eigenvalue weighted by atomic mass is 9.82. The molecule has 0 aliphatic rings. The lowest BCUT2D eigenvalue weighted by Gasteiger charge is -2.27. The monoisotopic (exact) mass is 255 g/mol. The summed E-state index contributed by atoms with van der Waals surface area (Å²) in [6.07, 6.45) is 0.721. The predicted molar refractivity (Wildman–Crippen MR) is 74.5 cm³/mol. The van der Waals surface area contributed by atoms with Gasteiger partial charge in [0.1, 0.15) is 0 Å². The van der Waals surface area contributed by atoms with Crippen molar-refractivity contribution >= 4 is 5.91 Å². The number of carbonyl (C=O) groups excluding carboxylic acids is 1. The lowest BCUT2D eigenvalue weighted by molar-refractivity contribution is -0.133. The fourth-order valence-corrected chi connectivity index (χ4v) is 2.29. The summed E-state index contributed by atoms with van der Waals surface area (Å²) in [5, 5.41) is 10.9. The Bertz CT molecular complexity index is 580. The molecule has 0 aliphatic heterocycles. The van der Waals surface area contributed by atoms with Crippen molar-refractivity contribution in [2.75, 3.05) is 0 Å². The Morgan fingerprint density at radius 3 is 2.26 bits per heavy atom. The first-order chi connectivity index (χ1) is 9.10. The molecule has 0 bridgehead atoms. The summed E-state index contributed by atoms with van der Waals surface area (Å²) in [6.45, 7) is 1.98. The summed E-state index contributed by atoms with van der Waals surface area (Å²) in [7, 11) is 0. The van der Waals surface area contributed by atoms with Gasteiger partial charge in [0.15, 0.2) is 5.60 Å². The summed E-state index contributed by atoms with van der Waals surface area (Å²) < 4.78 is 0. The highest BCUT2D eigenvalue weighted by atomic mass is 16.3. The average molecular weight is 255 g/mol. The first-order valence-corrected chi connectivity index (χ1v) is 6.27. The molecule has 0 saturated heterocycles. The number of aryl methyl sites for hydroxylation is 1. The third-order valence-corrected chi connectivity index (χ3v) is 3.34. The number of aliphatic hydroxyl groups is 1. The number of rotatable bonds is 4. The summed E-state index contributed by atoms with van der Waals surface area (Å²) in [5.41, 5.74) is 5.64. The molecular weight excluding hydrogens is 238 g/mol. The van der Waals surface area contributed by atoms with Gasteiger partial charge in [0.25, 0.3) is 5.91 Å². The predicted octanol–water partition coefficient (Wildman–Crippen LogP) is 1.97. The molecule has 19 heavy (non-hydrogen) atoms. The van der Waals surface area contributed by atoms with Crippen LogP contribution in [0, 0.1) is 0 Å². The van der Waals surface area contributed by atoms with Crippen LogP contribution < -0.4 is 5.73 Å². The highest BCUT2D eigenvalue weighted by Crippen LogP contribution is 2.31. The lowest BCUT2D eigenvalue weighted by Crippen LogP contribution is -2.42. The Kier molecular flexibility index (Phi) is 3.67. The van der Waals surface area contributed by atoms with Crippen LogP contribution in [0.5, 0.6) is 0 Å². The molecule has 98 valence electrons. The zero-order valence-electron chi connectivity index (χ0n) is 10.8. The van der Waals surface area contributed by atoms with Crippen molar-refractivity contribution < 1.29 is 9.90 Å². The smallest absolute Gasteiger partial charge is 0.258 e. The van der Waals surface area contributed by atoms with Gasteiger partial charge in [0, 0.05) is 5.56 Å². The van der Waals surface area contributed by atoms with Gasteiger partial charge in [-0.05, 0) is 17.5 Å². The maximum absolute atomic E-state index is 11.9. The normalized spacial score (nSPS) is 13.8. The molecule has 0 aromatic heterocycles. The van der Waals surface area contributed by atoms with E-state index in [1.54, 1.807) is 36.4 Å². The summed E-state index contributed by atoms with van der Waals surface area (Å²) in [5.74, 6) is -0.764. The third-order valence-electron chi connectivity index (χ3n) is 3.34. The van der Waals surface area contributed by atoms with Crippen LogP contribution in [0.15, 0.2) is 54.6 Å². The molecule has 2 aromatic carbocycles.